The van der Waals surface area contributed by atoms with Gasteiger partial charge in [0.05, 0.1) is 23.1 Å². The van der Waals surface area contributed by atoms with Crippen molar-refractivity contribution in [2.45, 2.75) is 6.42 Å². The molecule has 2 aromatic heterocycles. The normalized spacial score (nSPS) is 10.8. The van der Waals surface area contributed by atoms with Crippen LogP contribution in [0, 0.1) is 0 Å². The Kier molecular flexibility index (Phi) is 3.55. The second-order valence-corrected chi connectivity index (χ2v) is 5.31. The van der Waals surface area contributed by atoms with Crippen molar-refractivity contribution in [3.63, 3.8) is 0 Å². The molecule has 0 aliphatic carbocycles. The highest BCUT2D eigenvalue weighted by Crippen LogP contribution is 2.24. The quantitative estimate of drug-likeness (QED) is 0.627. The van der Waals surface area contributed by atoms with Gasteiger partial charge in [0.1, 0.15) is 6.26 Å². The Morgan fingerprint density at radius 1 is 1.04 bits per heavy atom. The fourth-order valence-electron chi connectivity index (χ4n) is 2.61. The average molecular weight is 318 g/mol. The summed E-state index contributed by atoms with van der Waals surface area (Å²) in [6, 6.07) is 19.2. The van der Waals surface area contributed by atoms with Gasteiger partial charge in [0.25, 0.3) is 0 Å². The molecule has 2 aromatic carbocycles. The molecule has 118 valence electrons. The molecule has 24 heavy (non-hydrogen) atoms. The van der Waals surface area contributed by atoms with Crippen LogP contribution in [0.4, 0.5) is 5.95 Å². The zero-order chi connectivity index (χ0) is 16.4. The Bertz CT molecular complexity index is 975. The van der Waals surface area contributed by atoms with Crippen molar-refractivity contribution in [3.8, 4) is 5.69 Å². The van der Waals surface area contributed by atoms with Gasteiger partial charge in [-0.1, -0.05) is 35.5 Å². The molecule has 0 atom stereocenters. The van der Waals surface area contributed by atoms with Gasteiger partial charge < -0.3 is 4.52 Å². The second-order valence-electron chi connectivity index (χ2n) is 5.31. The summed E-state index contributed by atoms with van der Waals surface area (Å²) < 4.78 is 6.68. The standard InChI is InChI=1S/C18H14N4O2/c23-17(12-13-10-11-24-21-13)20-18-19-15-8-4-5-9-16(15)22(18)14-6-2-1-3-7-14/h1-11H,12H2,(H,19,20,23). The van der Waals surface area contributed by atoms with Gasteiger partial charge in [-0.15, -0.1) is 0 Å². The molecule has 1 amide bonds. The second kappa shape index (κ2) is 6.00. The van der Waals surface area contributed by atoms with Crippen LogP contribution in [0.15, 0.2) is 71.4 Å². The van der Waals surface area contributed by atoms with E-state index < -0.39 is 0 Å². The number of carbonyl (C=O) groups excluding carboxylic acids is 1. The van der Waals surface area contributed by atoms with Crippen LogP contribution >= 0.6 is 0 Å². The molecule has 0 bridgehead atoms. The highest BCUT2D eigenvalue weighted by atomic mass is 16.5. The van der Waals surface area contributed by atoms with E-state index in [1.807, 2.05) is 59.2 Å². The Morgan fingerprint density at radius 3 is 2.62 bits per heavy atom. The molecule has 4 aromatic rings. The lowest BCUT2D eigenvalue weighted by molar-refractivity contribution is -0.115. The van der Waals surface area contributed by atoms with E-state index >= 15 is 0 Å². The highest BCUT2D eigenvalue weighted by Gasteiger charge is 2.15. The van der Waals surface area contributed by atoms with Crippen molar-refractivity contribution < 1.29 is 9.32 Å². The molecule has 0 saturated carbocycles. The molecule has 0 saturated heterocycles. The van der Waals surface area contributed by atoms with E-state index in [0.717, 1.165) is 16.7 Å². The third-order valence-corrected chi connectivity index (χ3v) is 3.66. The van der Waals surface area contributed by atoms with Gasteiger partial charge in [0, 0.05) is 11.8 Å². The minimum absolute atomic E-state index is 0.133. The maximum atomic E-state index is 12.3. The van der Waals surface area contributed by atoms with Crippen LogP contribution in [0.5, 0.6) is 0 Å². The Balaban J connectivity index is 1.73. The summed E-state index contributed by atoms with van der Waals surface area (Å²) in [5, 5.41) is 6.63. The molecule has 0 fully saturated rings. The van der Waals surface area contributed by atoms with Crippen molar-refractivity contribution in [2.75, 3.05) is 5.32 Å². The fourth-order valence-corrected chi connectivity index (χ4v) is 2.61. The monoisotopic (exact) mass is 318 g/mol. The van der Waals surface area contributed by atoms with Crippen molar-refractivity contribution in [2.24, 2.45) is 0 Å². The number of nitrogens with one attached hydrogen (secondary N) is 1. The van der Waals surface area contributed by atoms with Gasteiger partial charge in [-0.05, 0) is 24.3 Å². The molecule has 0 radical (unpaired) electrons. The number of aromatic nitrogens is 3. The Hall–Kier alpha value is -3.41. The topological polar surface area (TPSA) is 73.0 Å². The smallest absolute Gasteiger partial charge is 0.232 e. The third-order valence-electron chi connectivity index (χ3n) is 3.66. The molecule has 4 rings (SSSR count). The number of hydrogen-bond donors (Lipinski definition) is 1. The zero-order valence-corrected chi connectivity index (χ0v) is 12.7. The predicted octanol–water partition coefficient (Wildman–Crippen LogP) is 3.19. The van der Waals surface area contributed by atoms with Crippen LogP contribution in [0.2, 0.25) is 0 Å². The van der Waals surface area contributed by atoms with Gasteiger partial charge in [0.2, 0.25) is 11.9 Å². The van der Waals surface area contributed by atoms with Gasteiger partial charge in [-0.2, -0.15) is 0 Å². The van der Waals surface area contributed by atoms with Crippen molar-refractivity contribution >= 4 is 22.9 Å². The first-order valence-electron chi connectivity index (χ1n) is 7.53. The zero-order valence-electron chi connectivity index (χ0n) is 12.7. The van der Waals surface area contributed by atoms with Gasteiger partial charge in [0.15, 0.2) is 0 Å². The molecule has 1 N–H and O–H groups in total. The molecule has 0 aliphatic heterocycles. The van der Waals surface area contributed by atoms with E-state index in [2.05, 4.69) is 15.5 Å². The molecule has 6 nitrogen and oxygen atoms in total. The van der Waals surface area contributed by atoms with Gasteiger partial charge in [-0.3, -0.25) is 14.7 Å². The average Bonchev–Trinajstić information content (AvgIpc) is 3.22. The number of nitrogens with zero attached hydrogens (tertiary/aromatic N) is 3. The van der Waals surface area contributed by atoms with E-state index in [1.54, 1.807) is 6.07 Å². The number of hydrogen-bond acceptors (Lipinski definition) is 4. The first-order chi connectivity index (χ1) is 11.8. The maximum absolute atomic E-state index is 12.3. The van der Waals surface area contributed by atoms with Crippen molar-refractivity contribution in [1.82, 2.24) is 14.7 Å². The number of benzene rings is 2. The number of para-hydroxylation sites is 3. The van der Waals surface area contributed by atoms with E-state index in [-0.39, 0.29) is 12.3 Å². The molecule has 0 aliphatic rings. The van der Waals surface area contributed by atoms with Crippen molar-refractivity contribution in [1.29, 1.82) is 0 Å². The number of anilines is 1. The Labute approximate surface area is 137 Å². The molecular weight excluding hydrogens is 304 g/mol. The summed E-state index contributed by atoms with van der Waals surface area (Å²) in [4.78, 5) is 16.8. The van der Waals surface area contributed by atoms with Crippen LogP contribution in [0.25, 0.3) is 16.7 Å². The first kappa shape index (κ1) is 14.2. The summed E-state index contributed by atoms with van der Waals surface area (Å²) in [6.07, 6.45) is 1.58. The highest BCUT2D eigenvalue weighted by molar-refractivity contribution is 5.93. The maximum Gasteiger partial charge on any atom is 0.232 e. The lowest BCUT2D eigenvalue weighted by Gasteiger charge is -2.09. The van der Waals surface area contributed by atoms with E-state index in [1.165, 1.54) is 6.26 Å². The molecule has 0 unspecified atom stereocenters. The minimum atomic E-state index is -0.198. The number of rotatable bonds is 4. The Morgan fingerprint density at radius 2 is 1.83 bits per heavy atom. The lowest BCUT2D eigenvalue weighted by Crippen LogP contribution is -2.17. The molecular formula is C18H14N4O2. The first-order valence-corrected chi connectivity index (χ1v) is 7.53. The van der Waals surface area contributed by atoms with Crippen LogP contribution in [0.3, 0.4) is 0 Å². The van der Waals surface area contributed by atoms with Gasteiger partial charge in [-0.25, -0.2) is 4.98 Å². The molecule has 0 spiro atoms. The number of imidazole rings is 1. The third kappa shape index (κ3) is 2.65. The summed E-state index contributed by atoms with van der Waals surface area (Å²) in [7, 11) is 0. The predicted molar refractivity (Wildman–Crippen MR) is 89.9 cm³/mol. The van der Waals surface area contributed by atoms with Crippen LogP contribution < -0.4 is 5.32 Å². The van der Waals surface area contributed by atoms with Crippen LogP contribution in [-0.2, 0) is 11.2 Å². The molecule has 6 heteroatoms. The number of fused-ring (bicyclic) bond motifs is 1. The summed E-state index contributed by atoms with van der Waals surface area (Å²) >= 11 is 0. The van der Waals surface area contributed by atoms with Gasteiger partial charge >= 0.3 is 0 Å². The summed E-state index contributed by atoms with van der Waals surface area (Å²) in [6.45, 7) is 0. The largest absolute Gasteiger partial charge is 0.364 e. The summed E-state index contributed by atoms with van der Waals surface area (Å²) in [5.41, 5.74) is 3.26. The van der Waals surface area contributed by atoms with E-state index in [0.29, 0.717) is 11.6 Å². The lowest BCUT2D eigenvalue weighted by atomic mass is 10.3. The number of amides is 1. The van der Waals surface area contributed by atoms with E-state index in [9.17, 15) is 4.79 Å². The fraction of sp³-hybridized carbons (Fsp3) is 0.0556. The van der Waals surface area contributed by atoms with Crippen LogP contribution in [-0.4, -0.2) is 20.6 Å². The molecule has 2 heterocycles. The van der Waals surface area contributed by atoms with Crippen molar-refractivity contribution in [3.05, 3.63) is 72.6 Å². The summed E-state index contributed by atoms with van der Waals surface area (Å²) in [5.74, 6) is 0.285. The van der Waals surface area contributed by atoms with E-state index in [4.69, 9.17) is 4.52 Å². The number of carbonyl (C=O) groups is 1. The SMILES string of the molecule is O=C(Cc1ccon1)Nc1nc2ccccc2n1-c1ccccc1. The minimum Gasteiger partial charge on any atom is -0.364 e. The van der Waals surface area contributed by atoms with Crippen LogP contribution in [0.1, 0.15) is 5.69 Å².